The molecule has 2 aromatic carbocycles. The Morgan fingerprint density at radius 2 is 1.82 bits per heavy atom. The number of hydrogen-bond acceptors (Lipinski definition) is 3. The van der Waals surface area contributed by atoms with Crippen molar-refractivity contribution >= 4 is 28.9 Å². The number of nitrogens with one attached hydrogen (secondary N) is 1. The molecule has 114 valence electrons. The molecule has 5 nitrogen and oxygen atoms in total. The fourth-order valence-corrected chi connectivity index (χ4v) is 2.11. The van der Waals surface area contributed by atoms with Crippen LogP contribution in [0.25, 0.3) is 0 Å². The van der Waals surface area contributed by atoms with Crippen LogP contribution in [0.3, 0.4) is 0 Å². The van der Waals surface area contributed by atoms with Gasteiger partial charge < -0.3 is 5.32 Å². The van der Waals surface area contributed by atoms with E-state index in [2.05, 4.69) is 5.32 Å². The minimum Gasteiger partial charge on any atom is -0.325 e. The Kier molecular flexibility index (Phi) is 4.47. The van der Waals surface area contributed by atoms with Crippen LogP contribution in [0.5, 0.6) is 0 Å². The molecule has 0 heterocycles. The summed E-state index contributed by atoms with van der Waals surface area (Å²) in [4.78, 5) is 22.8. The first-order valence-electron chi connectivity index (χ1n) is 6.62. The molecule has 0 bridgehead atoms. The first-order valence-corrected chi connectivity index (χ1v) is 7.00. The lowest BCUT2D eigenvalue weighted by atomic mass is 9.83. The normalized spacial score (nSPS) is 11.0. The molecule has 22 heavy (non-hydrogen) atoms. The maximum atomic E-state index is 12.5. The molecule has 0 fully saturated rings. The van der Waals surface area contributed by atoms with Crippen molar-refractivity contribution in [2.24, 2.45) is 0 Å². The molecule has 0 aliphatic rings. The molecule has 0 spiro atoms. The van der Waals surface area contributed by atoms with E-state index in [1.807, 2.05) is 0 Å². The first-order chi connectivity index (χ1) is 10.3. The number of halogens is 1. The molecule has 0 aliphatic heterocycles. The summed E-state index contributed by atoms with van der Waals surface area (Å²) in [6.07, 6.45) is 0. The summed E-state index contributed by atoms with van der Waals surface area (Å²) < 4.78 is 0. The second-order valence-corrected chi connectivity index (χ2v) is 5.83. The SMILES string of the molecule is CC(C)(C(=O)Nc1cccc([N+](=O)[O-])c1)c1ccc(Cl)cc1. The Balaban J connectivity index is 2.22. The number of carbonyl (C=O) groups is 1. The molecule has 6 heteroatoms. The zero-order valence-electron chi connectivity index (χ0n) is 12.2. The molecule has 0 atom stereocenters. The summed E-state index contributed by atoms with van der Waals surface area (Å²) in [5, 5.41) is 14.1. The average molecular weight is 319 g/mol. The highest BCUT2D eigenvalue weighted by Crippen LogP contribution is 2.27. The lowest BCUT2D eigenvalue weighted by Crippen LogP contribution is -2.34. The molecule has 0 aliphatic carbocycles. The first kappa shape index (κ1) is 16.0. The minimum atomic E-state index is -0.796. The Bertz CT molecular complexity index is 712. The molecule has 0 unspecified atom stereocenters. The van der Waals surface area contributed by atoms with Crippen LogP contribution in [0.15, 0.2) is 48.5 Å². The molecule has 1 amide bonds. The second kappa shape index (κ2) is 6.15. The average Bonchev–Trinajstić information content (AvgIpc) is 2.48. The van der Waals surface area contributed by atoms with Crippen LogP contribution in [-0.4, -0.2) is 10.8 Å². The zero-order chi connectivity index (χ0) is 16.3. The van der Waals surface area contributed by atoms with E-state index in [1.54, 1.807) is 44.2 Å². The van der Waals surface area contributed by atoms with Gasteiger partial charge in [-0.25, -0.2) is 0 Å². The van der Waals surface area contributed by atoms with Gasteiger partial charge in [0.1, 0.15) is 0 Å². The number of nitro benzene ring substituents is 1. The summed E-state index contributed by atoms with van der Waals surface area (Å²) in [6, 6.07) is 12.9. The monoisotopic (exact) mass is 318 g/mol. The van der Waals surface area contributed by atoms with Gasteiger partial charge in [-0.3, -0.25) is 14.9 Å². The summed E-state index contributed by atoms with van der Waals surface area (Å²) in [5.74, 6) is -0.254. The maximum Gasteiger partial charge on any atom is 0.271 e. The molecule has 2 rings (SSSR count). The van der Waals surface area contributed by atoms with Gasteiger partial charge in [0, 0.05) is 22.8 Å². The molecule has 2 aromatic rings. The Labute approximate surface area is 133 Å². The van der Waals surface area contributed by atoms with E-state index < -0.39 is 10.3 Å². The highest BCUT2D eigenvalue weighted by molar-refractivity contribution is 6.30. The smallest absolute Gasteiger partial charge is 0.271 e. The third kappa shape index (κ3) is 3.43. The summed E-state index contributed by atoms with van der Waals surface area (Å²) >= 11 is 5.85. The van der Waals surface area contributed by atoms with Gasteiger partial charge in [-0.2, -0.15) is 0 Å². The van der Waals surface area contributed by atoms with Gasteiger partial charge in [0.25, 0.3) is 5.69 Å². The number of nitrogens with zero attached hydrogens (tertiary/aromatic N) is 1. The highest BCUT2D eigenvalue weighted by atomic mass is 35.5. The van der Waals surface area contributed by atoms with E-state index in [9.17, 15) is 14.9 Å². The van der Waals surface area contributed by atoms with Gasteiger partial charge in [-0.15, -0.1) is 0 Å². The largest absolute Gasteiger partial charge is 0.325 e. The van der Waals surface area contributed by atoms with Gasteiger partial charge in [0.15, 0.2) is 0 Å². The van der Waals surface area contributed by atoms with Crippen LogP contribution < -0.4 is 5.32 Å². The predicted molar refractivity (Wildman–Crippen MR) is 86.2 cm³/mol. The zero-order valence-corrected chi connectivity index (χ0v) is 12.9. The predicted octanol–water partition coefficient (Wildman–Crippen LogP) is 4.16. The van der Waals surface area contributed by atoms with Crippen molar-refractivity contribution in [3.8, 4) is 0 Å². The number of non-ortho nitro benzene ring substituents is 1. The third-order valence-corrected chi connectivity index (χ3v) is 3.70. The fourth-order valence-electron chi connectivity index (χ4n) is 1.98. The van der Waals surface area contributed by atoms with Crippen molar-refractivity contribution in [2.45, 2.75) is 19.3 Å². The number of carbonyl (C=O) groups excluding carboxylic acids is 1. The maximum absolute atomic E-state index is 12.5. The topological polar surface area (TPSA) is 72.2 Å². The summed E-state index contributed by atoms with van der Waals surface area (Å²) in [6.45, 7) is 3.56. The van der Waals surface area contributed by atoms with E-state index in [-0.39, 0.29) is 11.6 Å². The Morgan fingerprint density at radius 3 is 2.41 bits per heavy atom. The summed E-state index contributed by atoms with van der Waals surface area (Å²) in [7, 11) is 0. The van der Waals surface area contributed by atoms with Crippen molar-refractivity contribution in [1.29, 1.82) is 0 Å². The standard InChI is InChI=1S/C16H15ClN2O3/c1-16(2,11-6-8-12(17)9-7-11)15(20)18-13-4-3-5-14(10-13)19(21)22/h3-10H,1-2H3,(H,18,20). The molecule has 0 radical (unpaired) electrons. The van der Waals surface area contributed by atoms with E-state index >= 15 is 0 Å². The molecule has 0 aromatic heterocycles. The number of amides is 1. The molecule has 0 saturated heterocycles. The van der Waals surface area contributed by atoms with Crippen LogP contribution in [-0.2, 0) is 10.2 Å². The lowest BCUT2D eigenvalue weighted by Gasteiger charge is -2.24. The van der Waals surface area contributed by atoms with Gasteiger partial charge >= 0.3 is 0 Å². The van der Waals surface area contributed by atoms with E-state index in [1.165, 1.54) is 18.2 Å². The van der Waals surface area contributed by atoms with Crippen LogP contribution in [0, 0.1) is 10.1 Å². The number of hydrogen-bond donors (Lipinski definition) is 1. The number of nitro groups is 1. The van der Waals surface area contributed by atoms with Gasteiger partial charge in [-0.05, 0) is 37.6 Å². The van der Waals surface area contributed by atoms with Gasteiger partial charge in [0.2, 0.25) is 5.91 Å². The van der Waals surface area contributed by atoms with E-state index in [4.69, 9.17) is 11.6 Å². The Hall–Kier alpha value is -2.40. The number of anilines is 1. The van der Waals surface area contributed by atoms with Crippen LogP contribution in [0.4, 0.5) is 11.4 Å². The van der Waals surface area contributed by atoms with E-state index in [0.29, 0.717) is 10.7 Å². The Morgan fingerprint density at radius 1 is 1.18 bits per heavy atom. The molecule has 0 saturated carbocycles. The third-order valence-electron chi connectivity index (χ3n) is 3.45. The second-order valence-electron chi connectivity index (χ2n) is 5.39. The quantitative estimate of drug-likeness (QED) is 0.679. The van der Waals surface area contributed by atoms with Gasteiger partial charge in [0.05, 0.1) is 10.3 Å². The van der Waals surface area contributed by atoms with Crippen molar-refractivity contribution in [1.82, 2.24) is 0 Å². The lowest BCUT2D eigenvalue weighted by molar-refractivity contribution is -0.384. The molecule has 1 N–H and O–H groups in total. The molecular formula is C16H15ClN2O3. The molecular weight excluding hydrogens is 304 g/mol. The van der Waals surface area contributed by atoms with Crippen molar-refractivity contribution in [3.05, 3.63) is 69.2 Å². The van der Waals surface area contributed by atoms with Crippen LogP contribution >= 0.6 is 11.6 Å². The van der Waals surface area contributed by atoms with Crippen molar-refractivity contribution in [3.63, 3.8) is 0 Å². The fraction of sp³-hybridized carbons (Fsp3) is 0.188. The van der Waals surface area contributed by atoms with Crippen LogP contribution in [0.2, 0.25) is 5.02 Å². The number of benzene rings is 2. The highest BCUT2D eigenvalue weighted by Gasteiger charge is 2.30. The van der Waals surface area contributed by atoms with Crippen molar-refractivity contribution < 1.29 is 9.72 Å². The van der Waals surface area contributed by atoms with Crippen molar-refractivity contribution in [2.75, 3.05) is 5.32 Å². The van der Waals surface area contributed by atoms with E-state index in [0.717, 1.165) is 5.56 Å². The van der Waals surface area contributed by atoms with Gasteiger partial charge in [-0.1, -0.05) is 29.8 Å². The number of rotatable bonds is 4. The van der Waals surface area contributed by atoms with Crippen LogP contribution in [0.1, 0.15) is 19.4 Å². The minimum absolute atomic E-state index is 0.0675. The summed E-state index contributed by atoms with van der Waals surface area (Å²) in [5.41, 5.74) is 0.332.